The Morgan fingerprint density at radius 3 is 2.62 bits per heavy atom. The largest absolute Gasteiger partial charge is 0.480 e. The van der Waals surface area contributed by atoms with Gasteiger partial charge in [0.25, 0.3) is 0 Å². The van der Waals surface area contributed by atoms with Crippen LogP contribution in [0.15, 0.2) is 0 Å². The van der Waals surface area contributed by atoms with E-state index < -0.39 is 18.1 Å². The zero-order valence-electron chi connectivity index (χ0n) is 9.93. The Hall–Kier alpha value is -1.14. The highest BCUT2D eigenvalue weighted by Crippen LogP contribution is 2.10. The van der Waals surface area contributed by atoms with Gasteiger partial charge in [-0.05, 0) is 6.92 Å². The molecule has 0 aliphatic carbocycles. The minimum atomic E-state index is -0.884. The summed E-state index contributed by atoms with van der Waals surface area (Å²) < 4.78 is 0. The smallest absolute Gasteiger partial charge is 0.322 e. The number of carbonyl (C=O) groups excluding carboxylic acids is 1. The fourth-order valence-electron chi connectivity index (χ4n) is 1.93. The molecule has 0 aromatic heterocycles. The first-order valence-electron chi connectivity index (χ1n) is 5.35. The van der Waals surface area contributed by atoms with Crippen LogP contribution in [0.25, 0.3) is 0 Å². The summed E-state index contributed by atoms with van der Waals surface area (Å²) in [5.74, 6) is -0.946. The van der Waals surface area contributed by atoms with Crippen molar-refractivity contribution in [3.05, 3.63) is 0 Å². The van der Waals surface area contributed by atoms with E-state index in [0.29, 0.717) is 13.1 Å². The molecule has 1 amide bonds. The summed E-state index contributed by atoms with van der Waals surface area (Å²) in [6.07, 6.45) is 0. The second-order valence-corrected chi connectivity index (χ2v) is 4.20. The first kappa shape index (κ1) is 12.9. The van der Waals surface area contributed by atoms with Gasteiger partial charge in [0.2, 0.25) is 5.91 Å². The minimum absolute atomic E-state index is 0.0619. The van der Waals surface area contributed by atoms with Crippen molar-refractivity contribution in [3.63, 3.8) is 0 Å². The Bertz CT molecular complexity index is 280. The molecule has 2 N–H and O–H groups in total. The van der Waals surface area contributed by atoms with Gasteiger partial charge in [0.1, 0.15) is 6.04 Å². The van der Waals surface area contributed by atoms with Crippen LogP contribution in [0.2, 0.25) is 0 Å². The van der Waals surface area contributed by atoms with E-state index in [9.17, 15) is 9.59 Å². The molecule has 16 heavy (non-hydrogen) atoms. The Kier molecular flexibility index (Phi) is 4.26. The van der Waals surface area contributed by atoms with Crippen molar-refractivity contribution in [2.45, 2.75) is 19.0 Å². The molecule has 2 unspecified atom stereocenters. The molecule has 0 radical (unpaired) electrons. The molecular formula is C10H19N3O3. The SMILES string of the molecule is CC(C(=O)N(C)C)N1CCNCC1C(=O)O. The average Bonchev–Trinajstić information content (AvgIpc) is 2.26. The molecule has 2 atom stereocenters. The Labute approximate surface area is 95.2 Å². The third-order valence-corrected chi connectivity index (χ3v) is 2.87. The van der Waals surface area contributed by atoms with E-state index in [-0.39, 0.29) is 5.91 Å². The number of nitrogens with one attached hydrogen (secondary N) is 1. The maximum absolute atomic E-state index is 11.8. The molecule has 0 saturated carbocycles. The van der Waals surface area contributed by atoms with Crippen LogP contribution < -0.4 is 5.32 Å². The van der Waals surface area contributed by atoms with Gasteiger partial charge in [-0.15, -0.1) is 0 Å². The van der Waals surface area contributed by atoms with Crippen molar-refractivity contribution in [3.8, 4) is 0 Å². The number of hydrogen-bond acceptors (Lipinski definition) is 4. The van der Waals surface area contributed by atoms with Crippen LogP contribution in [-0.4, -0.2) is 72.6 Å². The summed E-state index contributed by atoms with van der Waals surface area (Å²) in [5, 5.41) is 12.1. The molecule has 1 aliphatic rings. The summed E-state index contributed by atoms with van der Waals surface area (Å²) in [4.78, 5) is 26.1. The van der Waals surface area contributed by atoms with Gasteiger partial charge < -0.3 is 15.3 Å². The van der Waals surface area contributed by atoms with E-state index in [1.54, 1.807) is 25.9 Å². The van der Waals surface area contributed by atoms with Crippen molar-refractivity contribution in [1.29, 1.82) is 0 Å². The number of piperazine rings is 1. The van der Waals surface area contributed by atoms with Crippen molar-refractivity contribution in [1.82, 2.24) is 15.1 Å². The fourth-order valence-corrected chi connectivity index (χ4v) is 1.93. The van der Waals surface area contributed by atoms with Crippen LogP contribution in [0.3, 0.4) is 0 Å². The van der Waals surface area contributed by atoms with Gasteiger partial charge in [-0.25, -0.2) is 0 Å². The summed E-state index contributed by atoms with van der Waals surface area (Å²) >= 11 is 0. The number of hydrogen-bond donors (Lipinski definition) is 2. The van der Waals surface area contributed by atoms with Gasteiger partial charge in [0, 0.05) is 33.7 Å². The molecule has 1 aliphatic heterocycles. The standard InChI is InChI=1S/C10H19N3O3/c1-7(9(14)12(2)3)13-5-4-11-6-8(13)10(15)16/h7-8,11H,4-6H2,1-3H3,(H,15,16). The third kappa shape index (κ3) is 2.70. The average molecular weight is 229 g/mol. The number of rotatable bonds is 3. The normalized spacial score (nSPS) is 23.8. The molecule has 0 spiro atoms. The lowest BCUT2D eigenvalue weighted by Gasteiger charge is -2.37. The zero-order chi connectivity index (χ0) is 12.3. The Balaban J connectivity index is 2.75. The molecule has 0 aromatic rings. The lowest BCUT2D eigenvalue weighted by atomic mass is 10.1. The van der Waals surface area contributed by atoms with Crippen molar-refractivity contribution in [2.75, 3.05) is 33.7 Å². The van der Waals surface area contributed by atoms with Crippen LogP contribution >= 0.6 is 0 Å². The monoisotopic (exact) mass is 229 g/mol. The Morgan fingerprint density at radius 1 is 1.50 bits per heavy atom. The van der Waals surface area contributed by atoms with Gasteiger partial charge in [0.05, 0.1) is 6.04 Å². The van der Waals surface area contributed by atoms with E-state index in [1.165, 1.54) is 4.90 Å². The topological polar surface area (TPSA) is 72.9 Å². The molecule has 92 valence electrons. The molecule has 1 rings (SSSR count). The fraction of sp³-hybridized carbons (Fsp3) is 0.800. The summed E-state index contributed by atoms with van der Waals surface area (Å²) in [5.41, 5.74) is 0. The quantitative estimate of drug-likeness (QED) is 0.637. The van der Waals surface area contributed by atoms with Crippen molar-refractivity contribution in [2.24, 2.45) is 0 Å². The van der Waals surface area contributed by atoms with Crippen LogP contribution in [0.1, 0.15) is 6.92 Å². The number of carboxylic acid groups (broad SMARTS) is 1. The van der Waals surface area contributed by atoms with E-state index in [4.69, 9.17) is 5.11 Å². The first-order chi connectivity index (χ1) is 7.45. The maximum Gasteiger partial charge on any atom is 0.322 e. The molecule has 1 heterocycles. The predicted molar refractivity (Wildman–Crippen MR) is 59.2 cm³/mol. The number of likely N-dealkylation sites (N-methyl/N-ethyl adjacent to an activating group) is 1. The number of carboxylic acids is 1. The Morgan fingerprint density at radius 2 is 2.12 bits per heavy atom. The van der Waals surface area contributed by atoms with Crippen LogP contribution in [0, 0.1) is 0 Å². The highest BCUT2D eigenvalue weighted by molar-refractivity contribution is 5.82. The lowest BCUT2D eigenvalue weighted by Crippen LogP contribution is -2.60. The van der Waals surface area contributed by atoms with E-state index in [1.807, 2.05) is 0 Å². The first-order valence-corrected chi connectivity index (χ1v) is 5.35. The molecule has 1 saturated heterocycles. The summed E-state index contributed by atoms with van der Waals surface area (Å²) in [6.45, 7) is 3.44. The molecular weight excluding hydrogens is 210 g/mol. The van der Waals surface area contributed by atoms with E-state index in [2.05, 4.69) is 5.32 Å². The number of nitrogens with zero attached hydrogens (tertiary/aromatic N) is 2. The number of carbonyl (C=O) groups is 2. The van der Waals surface area contributed by atoms with Crippen LogP contribution in [0.4, 0.5) is 0 Å². The van der Waals surface area contributed by atoms with Gasteiger partial charge >= 0.3 is 5.97 Å². The van der Waals surface area contributed by atoms with Crippen molar-refractivity contribution >= 4 is 11.9 Å². The van der Waals surface area contributed by atoms with Gasteiger partial charge in [-0.1, -0.05) is 0 Å². The van der Waals surface area contributed by atoms with E-state index >= 15 is 0 Å². The molecule has 1 fully saturated rings. The molecule has 0 aromatic carbocycles. The summed E-state index contributed by atoms with van der Waals surface area (Å²) in [7, 11) is 3.35. The molecule has 6 nitrogen and oxygen atoms in total. The summed E-state index contributed by atoms with van der Waals surface area (Å²) in [6, 6.07) is -1.01. The second kappa shape index (κ2) is 5.27. The zero-order valence-corrected chi connectivity index (χ0v) is 9.93. The number of amides is 1. The minimum Gasteiger partial charge on any atom is -0.480 e. The maximum atomic E-state index is 11.8. The number of aliphatic carboxylic acids is 1. The van der Waals surface area contributed by atoms with Crippen LogP contribution in [0.5, 0.6) is 0 Å². The molecule has 0 bridgehead atoms. The predicted octanol–water partition coefficient (Wildman–Crippen LogP) is -1.18. The molecule has 6 heteroatoms. The highest BCUT2D eigenvalue weighted by Gasteiger charge is 2.34. The lowest BCUT2D eigenvalue weighted by molar-refractivity contribution is -0.147. The van der Waals surface area contributed by atoms with Crippen LogP contribution in [-0.2, 0) is 9.59 Å². The third-order valence-electron chi connectivity index (χ3n) is 2.87. The second-order valence-electron chi connectivity index (χ2n) is 4.20. The van der Waals surface area contributed by atoms with E-state index in [0.717, 1.165) is 6.54 Å². The van der Waals surface area contributed by atoms with Crippen molar-refractivity contribution < 1.29 is 14.7 Å². The van der Waals surface area contributed by atoms with Gasteiger partial charge in [-0.3, -0.25) is 14.5 Å². The van der Waals surface area contributed by atoms with Gasteiger partial charge in [-0.2, -0.15) is 0 Å². The highest BCUT2D eigenvalue weighted by atomic mass is 16.4. The van der Waals surface area contributed by atoms with Gasteiger partial charge in [0.15, 0.2) is 0 Å².